The largest absolute Gasteiger partial charge is 0.341 e. The van der Waals surface area contributed by atoms with Crippen LogP contribution in [-0.2, 0) is 5.54 Å². The first kappa shape index (κ1) is 18.8. The maximum Gasteiger partial charge on any atom is 0.270 e. The van der Waals surface area contributed by atoms with Gasteiger partial charge in [0.05, 0.1) is 10.5 Å². The number of nitrogens with one attached hydrogen (secondary N) is 1. The van der Waals surface area contributed by atoms with Gasteiger partial charge in [-0.15, -0.1) is 12.4 Å². The molecule has 134 valence electrons. The third-order valence-electron chi connectivity index (χ3n) is 4.17. The molecule has 1 fully saturated rings. The molecule has 1 saturated carbocycles. The van der Waals surface area contributed by atoms with Gasteiger partial charge in [0.1, 0.15) is 6.04 Å². The summed E-state index contributed by atoms with van der Waals surface area (Å²) >= 11 is 0. The highest BCUT2D eigenvalue weighted by molar-refractivity contribution is 5.94. The molecule has 1 aromatic carbocycles. The Labute approximate surface area is 149 Å². The maximum absolute atomic E-state index is 12.2. The number of nitro groups is 1. The fraction of sp³-hybridized carbons (Fsp3) is 0.400. The molecule has 25 heavy (non-hydrogen) atoms. The van der Waals surface area contributed by atoms with E-state index in [4.69, 9.17) is 10.3 Å². The number of amides is 1. The summed E-state index contributed by atoms with van der Waals surface area (Å²) in [6.07, 6.45) is 2.64. The van der Waals surface area contributed by atoms with Gasteiger partial charge in [0, 0.05) is 17.7 Å². The third kappa shape index (κ3) is 3.77. The van der Waals surface area contributed by atoms with Gasteiger partial charge in [-0.1, -0.05) is 11.2 Å². The summed E-state index contributed by atoms with van der Waals surface area (Å²) in [6.45, 7) is 1.69. The second-order valence-corrected chi connectivity index (χ2v) is 5.97. The van der Waals surface area contributed by atoms with Gasteiger partial charge < -0.3 is 15.6 Å². The van der Waals surface area contributed by atoms with Gasteiger partial charge in [-0.2, -0.15) is 4.98 Å². The first-order valence-corrected chi connectivity index (χ1v) is 7.57. The van der Waals surface area contributed by atoms with Crippen LogP contribution in [0.4, 0.5) is 5.69 Å². The Morgan fingerprint density at radius 1 is 1.48 bits per heavy atom. The zero-order valence-electron chi connectivity index (χ0n) is 13.5. The van der Waals surface area contributed by atoms with Crippen LogP contribution in [0.1, 0.15) is 54.3 Å². The van der Waals surface area contributed by atoms with Crippen LogP contribution in [0.25, 0.3) is 0 Å². The molecule has 3 N–H and O–H groups in total. The highest BCUT2D eigenvalue weighted by Crippen LogP contribution is 2.37. The van der Waals surface area contributed by atoms with Gasteiger partial charge in [-0.3, -0.25) is 14.9 Å². The summed E-state index contributed by atoms with van der Waals surface area (Å²) < 4.78 is 5.18. The van der Waals surface area contributed by atoms with E-state index in [-0.39, 0.29) is 29.5 Å². The number of aromatic nitrogens is 2. The van der Waals surface area contributed by atoms with Gasteiger partial charge in [0.15, 0.2) is 5.82 Å². The van der Waals surface area contributed by atoms with Crippen LogP contribution in [0.3, 0.4) is 0 Å². The Bertz CT molecular complexity index is 790. The number of carbonyl (C=O) groups excluding carboxylic acids is 1. The summed E-state index contributed by atoms with van der Waals surface area (Å²) in [5, 5.41) is 17.4. The molecule has 0 bridgehead atoms. The molecular formula is C15H18ClN5O4. The Morgan fingerprint density at radius 3 is 2.80 bits per heavy atom. The van der Waals surface area contributed by atoms with E-state index < -0.39 is 22.4 Å². The minimum absolute atomic E-state index is 0. The first-order valence-electron chi connectivity index (χ1n) is 7.57. The molecule has 3 rings (SSSR count). The predicted octanol–water partition coefficient (Wildman–Crippen LogP) is 2.23. The fourth-order valence-corrected chi connectivity index (χ4v) is 2.50. The quantitative estimate of drug-likeness (QED) is 0.610. The standard InChI is InChI=1S/C15H17N5O4.ClH/c1-9(13-18-14(19-24-13)15(16)6-3-7-15)17-12(21)10-4-2-5-11(8-10)20(22)23;/h2,4-5,8-9H,3,6-7,16H2,1H3,(H,17,21);1H. The van der Waals surface area contributed by atoms with Crippen molar-refractivity contribution in [3.63, 3.8) is 0 Å². The van der Waals surface area contributed by atoms with Gasteiger partial charge in [0.2, 0.25) is 5.89 Å². The Hall–Kier alpha value is -2.52. The monoisotopic (exact) mass is 367 g/mol. The second kappa shape index (κ2) is 7.16. The van der Waals surface area contributed by atoms with Gasteiger partial charge in [0.25, 0.3) is 11.6 Å². The van der Waals surface area contributed by atoms with Crippen molar-refractivity contribution in [2.24, 2.45) is 5.73 Å². The fourth-order valence-electron chi connectivity index (χ4n) is 2.50. The lowest BCUT2D eigenvalue weighted by Crippen LogP contribution is -2.44. The van der Waals surface area contributed by atoms with Crippen LogP contribution < -0.4 is 11.1 Å². The number of nitrogens with two attached hydrogens (primary N) is 1. The first-order chi connectivity index (χ1) is 11.4. The van der Waals surface area contributed by atoms with E-state index in [2.05, 4.69) is 15.5 Å². The van der Waals surface area contributed by atoms with E-state index in [0.717, 1.165) is 19.3 Å². The zero-order valence-corrected chi connectivity index (χ0v) is 14.3. The number of nitro benzene ring substituents is 1. The summed E-state index contributed by atoms with van der Waals surface area (Å²) in [4.78, 5) is 26.7. The summed E-state index contributed by atoms with van der Waals surface area (Å²) in [5.74, 6) is 0.234. The minimum atomic E-state index is -0.552. The van der Waals surface area contributed by atoms with E-state index in [1.807, 2.05) is 0 Å². The molecule has 0 spiro atoms. The van der Waals surface area contributed by atoms with Crippen molar-refractivity contribution < 1.29 is 14.2 Å². The van der Waals surface area contributed by atoms with Crippen LogP contribution in [0.5, 0.6) is 0 Å². The van der Waals surface area contributed by atoms with Crippen molar-refractivity contribution in [2.75, 3.05) is 0 Å². The van der Waals surface area contributed by atoms with E-state index in [0.29, 0.717) is 5.82 Å². The predicted molar refractivity (Wildman–Crippen MR) is 90.2 cm³/mol. The number of hydrogen-bond donors (Lipinski definition) is 2. The van der Waals surface area contributed by atoms with Gasteiger partial charge >= 0.3 is 0 Å². The molecule has 0 aliphatic heterocycles. The Morgan fingerprint density at radius 2 is 2.20 bits per heavy atom. The van der Waals surface area contributed by atoms with Crippen LogP contribution in [0, 0.1) is 10.1 Å². The van der Waals surface area contributed by atoms with Crippen molar-refractivity contribution in [1.29, 1.82) is 0 Å². The lowest BCUT2D eigenvalue weighted by Gasteiger charge is -2.34. The summed E-state index contributed by atoms with van der Waals surface area (Å²) in [7, 11) is 0. The van der Waals surface area contributed by atoms with Crippen LogP contribution >= 0.6 is 12.4 Å². The molecule has 1 aliphatic rings. The highest BCUT2D eigenvalue weighted by atomic mass is 35.5. The number of rotatable bonds is 5. The van der Waals surface area contributed by atoms with E-state index >= 15 is 0 Å². The van der Waals surface area contributed by atoms with Crippen molar-refractivity contribution >= 4 is 24.0 Å². The Kier molecular flexibility index (Phi) is 5.39. The SMILES string of the molecule is CC(NC(=O)c1cccc([N+](=O)[O-])c1)c1nc(C2(N)CCC2)no1.Cl. The van der Waals surface area contributed by atoms with Crippen molar-refractivity contribution in [3.05, 3.63) is 51.7 Å². The molecule has 1 unspecified atom stereocenters. The number of halogens is 1. The smallest absolute Gasteiger partial charge is 0.270 e. The number of benzene rings is 1. The average Bonchev–Trinajstić information content (AvgIpc) is 3.03. The van der Waals surface area contributed by atoms with Crippen LogP contribution in [0.15, 0.2) is 28.8 Å². The van der Waals surface area contributed by atoms with Crippen molar-refractivity contribution in [3.8, 4) is 0 Å². The number of nitrogens with zero attached hydrogens (tertiary/aromatic N) is 3. The molecule has 1 aromatic heterocycles. The average molecular weight is 368 g/mol. The minimum Gasteiger partial charge on any atom is -0.341 e. The number of hydrogen-bond acceptors (Lipinski definition) is 7. The van der Waals surface area contributed by atoms with Crippen LogP contribution in [-0.4, -0.2) is 21.0 Å². The number of carbonyl (C=O) groups is 1. The summed E-state index contributed by atoms with van der Waals surface area (Å²) in [5.41, 5.74) is 5.64. The third-order valence-corrected chi connectivity index (χ3v) is 4.17. The van der Waals surface area contributed by atoms with Crippen molar-refractivity contribution in [2.45, 2.75) is 37.8 Å². The molecule has 1 atom stereocenters. The molecule has 1 heterocycles. The molecule has 1 aliphatic carbocycles. The van der Waals surface area contributed by atoms with Gasteiger partial charge in [-0.25, -0.2) is 0 Å². The summed E-state index contributed by atoms with van der Waals surface area (Å²) in [6, 6.07) is 4.95. The normalized spacial score (nSPS) is 16.2. The van der Waals surface area contributed by atoms with E-state index in [9.17, 15) is 14.9 Å². The second-order valence-electron chi connectivity index (χ2n) is 5.97. The molecule has 0 saturated heterocycles. The molecule has 9 nitrogen and oxygen atoms in total. The molecule has 2 aromatic rings. The topological polar surface area (TPSA) is 137 Å². The lowest BCUT2D eigenvalue weighted by molar-refractivity contribution is -0.384. The number of non-ortho nitro benzene ring substituents is 1. The highest BCUT2D eigenvalue weighted by Gasteiger charge is 2.39. The molecule has 10 heteroatoms. The molecule has 1 amide bonds. The lowest BCUT2D eigenvalue weighted by atomic mass is 9.77. The molecule has 0 radical (unpaired) electrons. The Balaban J connectivity index is 0.00000225. The maximum atomic E-state index is 12.2. The van der Waals surface area contributed by atoms with Crippen molar-refractivity contribution in [1.82, 2.24) is 15.5 Å². The van der Waals surface area contributed by atoms with Gasteiger partial charge in [-0.05, 0) is 32.3 Å². The van der Waals surface area contributed by atoms with E-state index in [1.165, 1.54) is 24.3 Å². The molecular weight excluding hydrogens is 350 g/mol. The van der Waals surface area contributed by atoms with Crippen LogP contribution in [0.2, 0.25) is 0 Å². The van der Waals surface area contributed by atoms with E-state index in [1.54, 1.807) is 6.92 Å². The zero-order chi connectivity index (χ0) is 17.3.